The molecule has 5 rings (SSSR count). The van der Waals surface area contributed by atoms with E-state index in [1.807, 2.05) is 12.1 Å². The minimum absolute atomic E-state index is 0.179. The number of carbonyl (C=O) groups excluding carboxylic acids is 1. The normalized spacial score (nSPS) is 23.3. The molecule has 0 aromatic heterocycles. The maximum atomic E-state index is 13.2. The highest BCUT2D eigenvalue weighted by atomic mass is 19.1. The van der Waals surface area contributed by atoms with Crippen molar-refractivity contribution in [2.24, 2.45) is 11.8 Å². The van der Waals surface area contributed by atoms with Crippen LogP contribution < -0.4 is 10.6 Å². The Bertz CT molecular complexity index is 841. The van der Waals surface area contributed by atoms with Crippen molar-refractivity contribution >= 4 is 11.7 Å². The summed E-state index contributed by atoms with van der Waals surface area (Å²) in [6.07, 6.45) is 5.70. The zero-order valence-corrected chi connectivity index (χ0v) is 17.1. The summed E-state index contributed by atoms with van der Waals surface area (Å²) < 4.78 is 26.1. The maximum Gasteiger partial charge on any atom is 0.319 e. The van der Waals surface area contributed by atoms with Gasteiger partial charge in [-0.3, -0.25) is 4.90 Å². The summed E-state index contributed by atoms with van der Waals surface area (Å²) in [5, 5.41) is 5.60. The van der Waals surface area contributed by atoms with Crippen LogP contribution in [-0.4, -0.2) is 36.6 Å². The number of benzene rings is 2. The van der Waals surface area contributed by atoms with Crippen LogP contribution >= 0.6 is 0 Å². The van der Waals surface area contributed by atoms with Crippen LogP contribution in [0.5, 0.6) is 0 Å². The number of piperidine rings is 2. The van der Waals surface area contributed by atoms with Gasteiger partial charge in [-0.05, 0) is 85.9 Å². The summed E-state index contributed by atoms with van der Waals surface area (Å²) in [7, 11) is 0. The van der Waals surface area contributed by atoms with Gasteiger partial charge >= 0.3 is 6.03 Å². The zero-order valence-electron chi connectivity index (χ0n) is 17.1. The molecule has 2 aromatic rings. The Morgan fingerprint density at radius 1 is 1.00 bits per heavy atom. The Morgan fingerprint density at radius 2 is 1.70 bits per heavy atom. The van der Waals surface area contributed by atoms with Gasteiger partial charge < -0.3 is 10.6 Å². The molecule has 2 heterocycles. The molecule has 160 valence electrons. The fourth-order valence-electron chi connectivity index (χ4n) is 5.05. The Morgan fingerprint density at radius 3 is 2.40 bits per heavy atom. The van der Waals surface area contributed by atoms with Gasteiger partial charge in [0.05, 0.1) is 0 Å². The molecule has 2 N–H and O–H groups in total. The third-order valence-corrected chi connectivity index (χ3v) is 6.43. The number of carbonyl (C=O) groups is 1. The highest BCUT2D eigenvalue weighted by molar-refractivity contribution is 5.89. The van der Waals surface area contributed by atoms with Crippen molar-refractivity contribution in [3.05, 3.63) is 65.7 Å². The number of hydrogen-bond donors (Lipinski definition) is 2. The van der Waals surface area contributed by atoms with Crippen molar-refractivity contribution in [2.75, 3.05) is 25.0 Å². The summed E-state index contributed by atoms with van der Waals surface area (Å²) in [6.45, 7) is 2.72. The third-order valence-electron chi connectivity index (χ3n) is 6.43. The van der Waals surface area contributed by atoms with Crippen LogP contribution in [0.15, 0.2) is 48.5 Å². The summed E-state index contributed by atoms with van der Waals surface area (Å²) in [4.78, 5) is 14.6. The first kappa shape index (κ1) is 20.8. The Hall–Kier alpha value is -2.47. The van der Waals surface area contributed by atoms with E-state index in [-0.39, 0.29) is 17.7 Å². The predicted octanol–water partition coefficient (Wildman–Crippen LogP) is 4.82. The number of halogens is 2. The molecule has 2 amide bonds. The van der Waals surface area contributed by atoms with E-state index in [0.29, 0.717) is 24.2 Å². The van der Waals surface area contributed by atoms with Crippen molar-refractivity contribution < 1.29 is 13.6 Å². The molecular weight excluding hydrogens is 384 g/mol. The number of rotatable bonds is 7. The van der Waals surface area contributed by atoms with Gasteiger partial charge in [0, 0.05) is 31.4 Å². The van der Waals surface area contributed by atoms with Crippen molar-refractivity contribution in [3.63, 3.8) is 0 Å². The van der Waals surface area contributed by atoms with E-state index in [0.717, 1.165) is 31.8 Å². The molecule has 3 aliphatic rings. The van der Waals surface area contributed by atoms with Gasteiger partial charge in [-0.25, -0.2) is 13.6 Å². The lowest BCUT2D eigenvalue weighted by Gasteiger charge is -2.50. The van der Waals surface area contributed by atoms with Crippen molar-refractivity contribution in [1.29, 1.82) is 0 Å². The second-order valence-electron chi connectivity index (χ2n) is 8.57. The second-order valence-corrected chi connectivity index (χ2v) is 8.57. The average Bonchev–Trinajstić information content (AvgIpc) is 2.75. The number of urea groups is 1. The summed E-state index contributed by atoms with van der Waals surface area (Å²) >= 11 is 0. The molecule has 0 spiro atoms. The van der Waals surface area contributed by atoms with Gasteiger partial charge in [0.25, 0.3) is 0 Å². The number of fused-ring (bicyclic) bond motifs is 3. The van der Waals surface area contributed by atoms with Crippen molar-refractivity contribution in [3.8, 4) is 0 Å². The molecule has 2 saturated heterocycles. The quantitative estimate of drug-likeness (QED) is 0.639. The molecule has 3 atom stereocenters. The van der Waals surface area contributed by atoms with Crippen LogP contribution in [-0.2, 0) is 6.42 Å². The van der Waals surface area contributed by atoms with Gasteiger partial charge in [-0.15, -0.1) is 0 Å². The predicted molar refractivity (Wildman–Crippen MR) is 114 cm³/mol. The van der Waals surface area contributed by atoms with Crippen LogP contribution in [0.4, 0.5) is 19.3 Å². The molecule has 4 nitrogen and oxygen atoms in total. The number of nitrogens with zero attached hydrogens (tertiary/aromatic N) is 1. The molecule has 1 saturated carbocycles. The van der Waals surface area contributed by atoms with E-state index in [1.54, 1.807) is 24.3 Å². The van der Waals surface area contributed by atoms with E-state index >= 15 is 0 Å². The van der Waals surface area contributed by atoms with E-state index in [4.69, 9.17) is 0 Å². The Balaban J connectivity index is 1.22. The van der Waals surface area contributed by atoms with Crippen LogP contribution in [0, 0.1) is 23.5 Å². The van der Waals surface area contributed by atoms with Crippen molar-refractivity contribution in [2.45, 2.75) is 38.1 Å². The maximum absolute atomic E-state index is 13.2. The van der Waals surface area contributed by atoms with Crippen LogP contribution in [0.2, 0.25) is 0 Å². The molecule has 2 bridgehead atoms. The molecule has 0 radical (unpaired) electrons. The Kier molecular flexibility index (Phi) is 6.62. The summed E-state index contributed by atoms with van der Waals surface area (Å²) in [5.74, 6) is 0.865. The first-order chi connectivity index (χ1) is 14.6. The monoisotopic (exact) mass is 413 g/mol. The van der Waals surface area contributed by atoms with Gasteiger partial charge in [0.1, 0.15) is 11.6 Å². The smallest absolute Gasteiger partial charge is 0.319 e. The van der Waals surface area contributed by atoms with Gasteiger partial charge in [-0.2, -0.15) is 0 Å². The topological polar surface area (TPSA) is 44.4 Å². The first-order valence-electron chi connectivity index (χ1n) is 10.9. The zero-order chi connectivity index (χ0) is 20.9. The lowest BCUT2D eigenvalue weighted by Crippen LogP contribution is -2.54. The van der Waals surface area contributed by atoms with Gasteiger partial charge in [-0.1, -0.05) is 12.1 Å². The van der Waals surface area contributed by atoms with E-state index in [9.17, 15) is 13.6 Å². The number of amides is 2. The summed E-state index contributed by atoms with van der Waals surface area (Å²) in [6, 6.07) is 13.0. The van der Waals surface area contributed by atoms with Crippen molar-refractivity contribution in [1.82, 2.24) is 10.2 Å². The Labute approximate surface area is 176 Å². The number of anilines is 1. The van der Waals surface area contributed by atoms with Gasteiger partial charge in [0.15, 0.2) is 0 Å². The number of nitrogens with one attached hydrogen (secondary N) is 2. The minimum Gasteiger partial charge on any atom is -0.338 e. The van der Waals surface area contributed by atoms with E-state index < -0.39 is 0 Å². The molecule has 2 aromatic carbocycles. The molecule has 1 aliphatic carbocycles. The lowest BCUT2D eigenvalue weighted by molar-refractivity contribution is 0.000976. The summed E-state index contributed by atoms with van der Waals surface area (Å²) in [5.41, 5.74) is 1.79. The van der Waals surface area contributed by atoms with Crippen LogP contribution in [0.3, 0.4) is 0 Å². The molecule has 3 fully saturated rings. The largest absolute Gasteiger partial charge is 0.338 e. The van der Waals surface area contributed by atoms with Gasteiger partial charge in [0.2, 0.25) is 0 Å². The highest BCUT2D eigenvalue weighted by Crippen LogP contribution is 2.40. The number of hydrogen-bond acceptors (Lipinski definition) is 2. The minimum atomic E-state index is -0.325. The fourth-order valence-corrected chi connectivity index (χ4v) is 5.05. The standard InChI is InChI=1S/C24H29F2N3O/c25-20-5-2-17(3-6-20)14-19-15-18-4-11-23(19)29(16-18)13-1-12-27-24(30)28-22-9-7-21(26)8-10-22/h2-3,5-10,18-19,23H,1,4,11-16H2,(H2,27,28,30). The molecule has 30 heavy (non-hydrogen) atoms. The fraction of sp³-hybridized carbons (Fsp3) is 0.458. The van der Waals surface area contributed by atoms with E-state index in [1.165, 1.54) is 37.0 Å². The SMILES string of the molecule is O=C(NCCCN1CC2CCC1C(Cc1ccc(F)cc1)C2)Nc1ccc(F)cc1. The average molecular weight is 414 g/mol. The van der Waals surface area contributed by atoms with Crippen LogP contribution in [0.25, 0.3) is 0 Å². The molecule has 2 aliphatic heterocycles. The first-order valence-corrected chi connectivity index (χ1v) is 10.9. The second kappa shape index (κ2) is 9.56. The van der Waals surface area contributed by atoms with E-state index in [2.05, 4.69) is 15.5 Å². The lowest BCUT2D eigenvalue weighted by atomic mass is 9.70. The molecular formula is C24H29F2N3O. The highest BCUT2D eigenvalue weighted by Gasteiger charge is 2.40. The third kappa shape index (κ3) is 5.36. The van der Waals surface area contributed by atoms with Crippen LogP contribution in [0.1, 0.15) is 31.2 Å². The molecule has 3 unspecified atom stereocenters. The molecule has 6 heteroatoms.